The van der Waals surface area contributed by atoms with Crippen LogP contribution in [0.3, 0.4) is 0 Å². The van der Waals surface area contributed by atoms with Gasteiger partial charge in [0.05, 0.1) is 0 Å². The van der Waals surface area contributed by atoms with Crippen molar-refractivity contribution in [1.29, 1.82) is 0 Å². The number of rotatable bonds is 3. The number of alkyl halides is 2. The summed E-state index contributed by atoms with van der Waals surface area (Å²) in [6, 6.07) is 8.72. The van der Waals surface area contributed by atoms with Crippen LogP contribution in [0.5, 0.6) is 0 Å². The smallest absolute Gasteiger partial charge is 0.0410 e. The van der Waals surface area contributed by atoms with E-state index in [1.54, 1.807) is 0 Å². The van der Waals surface area contributed by atoms with Crippen LogP contribution in [0, 0.1) is 0 Å². The van der Waals surface area contributed by atoms with Gasteiger partial charge < -0.3 is 0 Å². The second-order valence-corrected chi connectivity index (χ2v) is 5.71. The van der Waals surface area contributed by atoms with Gasteiger partial charge in [0.25, 0.3) is 0 Å². The SMILES string of the molecule is CC(C)(C)c1ccc(/C(=C/CCl)CBr)cc1. The van der Waals surface area contributed by atoms with Gasteiger partial charge in [-0.25, -0.2) is 0 Å². The fourth-order valence-electron chi connectivity index (χ4n) is 1.53. The van der Waals surface area contributed by atoms with E-state index in [1.165, 1.54) is 16.7 Å². The van der Waals surface area contributed by atoms with Gasteiger partial charge in [0, 0.05) is 11.2 Å². The monoisotopic (exact) mass is 300 g/mol. The molecule has 0 saturated heterocycles. The van der Waals surface area contributed by atoms with Gasteiger partial charge in [0.2, 0.25) is 0 Å². The second kappa shape index (κ2) is 5.88. The highest BCUT2D eigenvalue weighted by Crippen LogP contribution is 2.24. The first-order valence-electron chi connectivity index (χ1n) is 5.41. The summed E-state index contributed by atoms with van der Waals surface area (Å²) in [5.41, 5.74) is 4.06. The third-order valence-corrected chi connectivity index (χ3v) is 3.35. The Morgan fingerprint density at radius 2 is 1.81 bits per heavy atom. The van der Waals surface area contributed by atoms with E-state index in [4.69, 9.17) is 11.6 Å². The van der Waals surface area contributed by atoms with E-state index >= 15 is 0 Å². The minimum Gasteiger partial charge on any atom is -0.122 e. The summed E-state index contributed by atoms with van der Waals surface area (Å²) in [7, 11) is 0. The molecule has 0 amide bonds. The van der Waals surface area contributed by atoms with Gasteiger partial charge in [-0.2, -0.15) is 0 Å². The average Bonchev–Trinajstić information content (AvgIpc) is 2.25. The molecule has 0 heterocycles. The van der Waals surface area contributed by atoms with Crippen molar-refractivity contribution in [2.45, 2.75) is 26.2 Å². The minimum atomic E-state index is 0.212. The first-order chi connectivity index (χ1) is 7.49. The van der Waals surface area contributed by atoms with Crippen LogP contribution in [0.2, 0.25) is 0 Å². The summed E-state index contributed by atoms with van der Waals surface area (Å²) in [5.74, 6) is 0.557. The molecule has 0 saturated carbocycles. The molecule has 1 rings (SSSR count). The third kappa shape index (κ3) is 3.64. The van der Waals surface area contributed by atoms with Crippen LogP contribution in [0.15, 0.2) is 30.3 Å². The summed E-state index contributed by atoms with van der Waals surface area (Å²) in [6.45, 7) is 6.67. The Bertz CT molecular complexity index is 357. The van der Waals surface area contributed by atoms with E-state index in [0.29, 0.717) is 5.88 Å². The molecule has 88 valence electrons. The highest BCUT2D eigenvalue weighted by atomic mass is 79.9. The minimum absolute atomic E-state index is 0.212. The summed E-state index contributed by atoms with van der Waals surface area (Å²) in [4.78, 5) is 0. The Kier molecular flexibility index (Phi) is 5.07. The average molecular weight is 302 g/mol. The van der Waals surface area contributed by atoms with Crippen LogP contribution in [0.25, 0.3) is 5.57 Å². The first kappa shape index (κ1) is 13.8. The molecular formula is C14H18BrCl. The maximum absolute atomic E-state index is 5.73. The topological polar surface area (TPSA) is 0 Å². The largest absolute Gasteiger partial charge is 0.122 e. The zero-order valence-electron chi connectivity index (χ0n) is 10.1. The molecule has 0 bridgehead atoms. The van der Waals surface area contributed by atoms with Crippen molar-refractivity contribution in [3.05, 3.63) is 41.5 Å². The summed E-state index contributed by atoms with van der Waals surface area (Å²) >= 11 is 9.22. The Labute approximate surface area is 112 Å². The van der Waals surface area contributed by atoms with Crippen molar-refractivity contribution in [3.8, 4) is 0 Å². The predicted octanol–water partition coefficient (Wildman–Crippen LogP) is 5.00. The van der Waals surface area contributed by atoms with Crippen molar-refractivity contribution in [1.82, 2.24) is 0 Å². The number of hydrogen-bond donors (Lipinski definition) is 0. The lowest BCUT2D eigenvalue weighted by molar-refractivity contribution is 0.590. The normalized spacial score (nSPS) is 12.9. The molecule has 0 aliphatic carbocycles. The summed E-state index contributed by atoms with van der Waals surface area (Å²) in [6.07, 6.45) is 2.04. The Morgan fingerprint density at radius 1 is 1.25 bits per heavy atom. The van der Waals surface area contributed by atoms with Crippen molar-refractivity contribution in [2.24, 2.45) is 0 Å². The molecule has 0 radical (unpaired) electrons. The highest BCUT2D eigenvalue weighted by Gasteiger charge is 2.13. The molecule has 0 unspecified atom stereocenters. The molecule has 0 N–H and O–H groups in total. The molecule has 0 nitrogen and oxygen atoms in total. The molecule has 1 aromatic rings. The van der Waals surface area contributed by atoms with Crippen LogP contribution in [0.1, 0.15) is 31.9 Å². The number of halogens is 2. The standard InChI is InChI=1S/C14H18BrCl/c1-14(2,3)13-6-4-11(5-7-13)12(10-15)8-9-16/h4-8H,9-10H2,1-3H3/b12-8+. The Hall–Kier alpha value is -0.270. The van der Waals surface area contributed by atoms with E-state index in [9.17, 15) is 0 Å². The van der Waals surface area contributed by atoms with Gasteiger partial charge in [-0.3, -0.25) is 0 Å². The van der Waals surface area contributed by atoms with Crippen LogP contribution < -0.4 is 0 Å². The maximum Gasteiger partial charge on any atom is 0.0410 e. The third-order valence-electron chi connectivity index (χ3n) is 2.59. The van der Waals surface area contributed by atoms with Gasteiger partial charge >= 0.3 is 0 Å². The van der Waals surface area contributed by atoms with Gasteiger partial charge in [-0.15, -0.1) is 11.6 Å². The summed E-state index contributed by atoms with van der Waals surface area (Å²) in [5, 5.41) is 0.842. The molecule has 1 aromatic carbocycles. The molecule has 0 atom stereocenters. The molecule has 0 aromatic heterocycles. The Balaban J connectivity index is 2.99. The Morgan fingerprint density at radius 3 is 2.19 bits per heavy atom. The predicted molar refractivity (Wildman–Crippen MR) is 77.6 cm³/mol. The molecule has 0 fully saturated rings. The van der Waals surface area contributed by atoms with Crippen LogP contribution >= 0.6 is 27.5 Å². The van der Waals surface area contributed by atoms with E-state index in [-0.39, 0.29) is 5.41 Å². The zero-order chi connectivity index (χ0) is 12.2. The molecule has 2 heteroatoms. The highest BCUT2D eigenvalue weighted by molar-refractivity contribution is 9.09. The fraction of sp³-hybridized carbons (Fsp3) is 0.429. The molecule has 0 aliphatic rings. The van der Waals surface area contributed by atoms with Gasteiger partial charge in [0.15, 0.2) is 0 Å². The van der Waals surface area contributed by atoms with E-state index < -0.39 is 0 Å². The van der Waals surface area contributed by atoms with E-state index in [1.807, 2.05) is 6.08 Å². The van der Waals surface area contributed by atoms with Gasteiger partial charge in [0.1, 0.15) is 0 Å². The van der Waals surface area contributed by atoms with Crippen molar-refractivity contribution in [3.63, 3.8) is 0 Å². The first-order valence-corrected chi connectivity index (χ1v) is 7.06. The number of hydrogen-bond acceptors (Lipinski definition) is 0. The molecule has 0 spiro atoms. The number of allylic oxidation sites excluding steroid dienone is 2. The van der Waals surface area contributed by atoms with Crippen LogP contribution in [0.4, 0.5) is 0 Å². The van der Waals surface area contributed by atoms with Crippen molar-refractivity contribution >= 4 is 33.1 Å². The zero-order valence-corrected chi connectivity index (χ0v) is 12.4. The van der Waals surface area contributed by atoms with Gasteiger partial charge in [-0.1, -0.05) is 67.0 Å². The van der Waals surface area contributed by atoms with Crippen molar-refractivity contribution < 1.29 is 0 Å². The lowest BCUT2D eigenvalue weighted by Gasteiger charge is -2.19. The van der Waals surface area contributed by atoms with Crippen molar-refractivity contribution in [2.75, 3.05) is 11.2 Å². The maximum atomic E-state index is 5.73. The molecule has 16 heavy (non-hydrogen) atoms. The second-order valence-electron chi connectivity index (χ2n) is 4.84. The van der Waals surface area contributed by atoms with E-state index in [2.05, 4.69) is 61.0 Å². The molecular weight excluding hydrogens is 284 g/mol. The van der Waals surface area contributed by atoms with Crippen LogP contribution in [-0.2, 0) is 5.41 Å². The van der Waals surface area contributed by atoms with Crippen LogP contribution in [-0.4, -0.2) is 11.2 Å². The molecule has 0 aliphatic heterocycles. The van der Waals surface area contributed by atoms with E-state index in [0.717, 1.165) is 5.33 Å². The quantitative estimate of drug-likeness (QED) is 0.689. The number of benzene rings is 1. The lowest BCUT2D eigenvalue weighted by Crippen LogP contribution is -2.10. The summed E-state index contributed by atoms with van der Waals surface area (Å²) < 4.78 is 0. The lowest BCUT2D eigenvalue weighted by atomic mass is 9.86. The fourth-order valence-corrected chi connectivity index (χ4v) is 2.27. The van der Waals surface area contributed by atoms with Gasteiger partial charge in [-0.05, 0) is 22.1 Å².